The fourth-order valence-corrected chi connectivity index (χ4v) is 5.50. The van der Waals surface area contributed by atoms with E-state index in [0.29, 0.717) is 17.9 Å². The number of benzene rings is 2. The summed E-state index contributed by atoms with van der Waals surface area (Å²) in [5.74, 6) is -1.25. The minimum Gasteiger partial charge on any atom is -0.506 e. The maximum Gasteiger partial charge on any atom is 0.155 e. The summed E-state index contributed by atoms with van der Waals surface area (Å²) < 4.78 is 30.1. The maximum atomic E-state index is 14.4. The fourth-order valence-electron chi connectivity index (χ4n) is 5.25. The monoisotopic (exact) mass is 443 g/mol. The number of aromatic nitrogens is 2. The number of aromatic hydroxyl groups is 1. The van der Waals surface area contributed by atoms with Crippen LogP contribution in [0.1, 0.15) is 46.4 Å². The van der Waals surface area contributed by atoms with Crippen LogP contribution < -0.4 is 4.90 Å². The highest BCUT2D eigenvalue weighted by Crippen LogP contribution is 2.67. The molecule has 5 nitrogen and oxygen atoms in total. The van der Waals surface area contributed by atoms with E-state index in [1.54, 1.807) is 21.8 Å². The van der Waals surface area contributed by atoms with Crippen LogP contribution in [0.5, 0.6) is 5.75 Å². The molecule has 8 heteroatoms. The average molecular weight is 444 g/mol. The van der Waals surface area contributed by atoms with Crippen LogP contribution in [-0.2, 0) is 0 Å². The molecular formula is C23H20ClF2N3O2. The number of rotatable bonds is 4. The lowest BCUT2D eigenvalue weighted by molar-refractivity contribution is -0.0437. The van der Waals surface area contributed by atoms with Crippen LogP contribution in [0.2, 0.25) is 5.02 Å². The second kappa shape index (κ2) is 7.05. The summed E-state index contributed by atoms with van der Waals surface area (Å²) in [7, 11) is 0. The van der Waals surface area contributed by atoms with Gasteiger partial charge in [-0.3, -0.25) is 4.79 Å². The molecule has 3 aromatic rings. The molecule has 160 valence electrons. The van der Waals surface area contributed by atoms with Crippen molar-refractivity contribution in [2.24, 2.45) is 5.41 Å². The van der Waals surface area contributed by atoms with Crippen LogP contribution >= 0.6 is 11.6 Å². The first kappa shape index (κ1) is 20.0. The topological polar surface area (TPSA) is 58.4 Å². The zero-order valence-electron chi connectivity index (χ0n) is 16.7. The van der Waals surface area contributed by atoms with Gasteiger partial charge in [0.2, 0.25) is 0 Å². The molecule has 0 amide bonds. The van der Waals surface area contributed by atoms with Gasteiger partial charge in [0.05, 0.1) is 17.4 Å². The van der Waals surface area contributed by atoms with Gasteiger partial charge in [0.15, 0.2) is 6.29 Å². The predicted molar refractivity (Wildman–Crippen MR) is 113 cm³/mol. The van der Waals surface area contributed by atoms with Crippen molar-refractivity contribution in [3.63, 3.8) is 0 Å². The Labute approximate surface area is 182 Å². The van der Waals surface area contributed by atoms with Crippen molar-refractivity contribution in [3.05, 3.63) is 76.1 Å². The molecule has 1 aliphatic heterocycles. The zero-order valence-corrected chi connectivity index (χ0v) is 17.5. The van der Waals surface area contributed by atoms with Crippen molar-refractivity contribution < 1.29 is 18.7 Å². The lowest BCUT2D eigenvalue weighted by Gasteiger charge is -2.66. The van der Waals surface area contributed by atoms with Gasteiger partial charge in [-0.15, -0.1) is 0 Å². The molecule has 31 heavy (non-hydrogen) atoms. The first-order valence-electron chi connectivity index (χ1n) is 10.0. The van der Waals surface area contributed by atoms with Crippen LogP contribution in [0.4, 0.5) is 14.5 Å². The van der Waals surface area contributed by atoms with Crippen molar-refractivity contribution >= 4 is 23.6 Å². The van der Waals surface area contributed by atoms with Crippen molar-refractivity contribution in [2.75, 3.05) is 11.4 Å². The Morgan fingerprint density at radius 2 is 2.10 bits per heavy atom. The smallest absolute Gasteiger partial charge is 0.155 e. The van der Waals surface area contributed by atoms with E-state index < -0.39 is 5.82 Å². The van der Waals surface area contributed by atoms with Gasteiger partial charge in [-0.1, -0.05) is 11.6 Å². The quantitative estimate of drug-likeness (QED) is 0.561. The summed E-state index contributed by atoms with van der Waals surface area (Å²) in [4.78, 5) is 13.4. The number of carbonyl (C=O) groups is 1. The van der Waals surface area contributed by atoms with E-state index in [2.05, 4.69) is 5.10 Å². The standard InChI is InChI=1S/C23H20ClF2N3O2/c1-13-9-27-29(10-13)22-23(7-6-17(23)15-8-14(25)2-3-18(15)24)12-28(22)21-16(11-30)19(26)4-5-20(21)31/h2-5,8-11,17,22,31H,6-7,12H2,1H3. The van der Waals surface area contributed by atoms with Gasteiger partial charge in [0.1, 0.15) is 23.5 Å². The Balaban J connectivity index is 1.62. The van der Waals surface area contributed by atoms with Crippen LogP contribution in [0.3, 0.4) is 0 Å². The number of hydrogen-bond acceptors (Lipinski definition) is 4. The molecule has 0 bridgehead atoms. The number of halogens is 3. The molecule has 2 fully saturated rings. The number of phenolic OH excluding ortho intramolecular Hbond substituents is 1. The number of aryl methyl sites for hydroxylation is 1. The zero-order chi connectivity index (χ0) is 21.9. The maximum absolute atomic E-state index is 14.4. The summed E-state index contributed by atoms with van der Waals surface area (Å²) in [6, 6.07) is 6.68. The number of aldehydes is 1. The number of nitrogens with zero attached hydrogens (tertiary/aromatic N) is 3. The minimum absolute atomic E-state index is 0.0307. The van der Waals surface area contributed by atoms with Gasteiger partial charge >= 0.3 is 0 Å². The van der Waals surface area contributed by atoms with Gasteiger partial charge in [-0.2, -0.15) is 5.10 Å². The number of phenols is 1. The lowest BCUT2D eigenvalue weighted by atomic mass is 9.51. The Morgan fingerprint density at radius 3 is 2.74 bits per heavy atom. The van der Waals surface area contributed by atoms with Crippen molar-refractivity contribution in [1.82, 2.24) is 9.78 Å². The molecular weight excluding hydrogens is 424 g/mol. The fraction of sp³-hybridized carbons (Fsp3) is 0.304. The summed E-state index contributed by atoms with van der Waals surface area (Å²) in [5.41, 5.74) is 1.30. The highest BCUT2D eigenvalue weighted by atomic mass is 35.5. The molecule has 2 heterocycles. The van der Waals surface area contributed by atoms with Crippen LogP contribution in [0.25, 0.3) is 0 Å². The second-order valence-corrected chi connectivity index (χ2v) is 8.84. The van der Waals surface area contributed by atoms with E-state index in [0.717, 1.165) is 30.0 Å². The molecule has 2 aliphatic rings. The van der Waals surface area contributed by atoms with E-state index in [1.165, 1.54) is 18.2 Å². The van der Waals surface area contributed by atoms with E-state index >= 15 is 0 Å². The largest absolute Gasteiger partial charge is 0.506 e. The summed E-state index contributed by atoms with van der Waals surface area (Å²) in [5, 5.41) is 15.5. The van der Waals surface area contributed by atoms with Crippen molar-refractivity contribution in [2.45, 2.75) is 31.8 Å². The van der Waals surface area contributed by atoms with Gasteiger partial charge in [0, 0.05) is 23.2 Å². The SMILES string of the molecule is Cc1cnn(C2N(c3c(O)ccc(F)c3C=O)CC23CCC3c2cc(F)ccc2Cl)c1. The number of hydrogen-bond donors (Lipinski definition) is 1. The summed E-state index contributed by atoms with van der Waals surface area (Å²) >= 11 is 6.42. The van der Waals surface area contributed by atoms with Crippen LogP contribution in [0, 0.1) is 24.0 Å². The molecule has 0 radical (unpaired) electrons. The minimum atomic E-state index is -0.697. The predicted octanol–water partition coefficient (Wildman–Crippen LogP) is 5.22. The molecule has 1 N–H and O–H groups in total. The van der Waals surface area contributed by atoms with Crippen molar-refractivity contribution in [3.8, 4) is 5.75 Å². The highest BCUT2D eigenvalue weighted by molar-refractivity contribution is 6.31. The molecule has 3 atom stereocenters. The van der Waals surface area contributed by atoms with E-state index in [-0.39, 0.29) is 40.3 Å². The number of anilines is 1. The Kier molecular flexibility index (Phi) is 4.55. The third kappa shape index (κ3) is 2.86. The van der Waals surface area contributed by atoms with Gasteiger partial charge in [-0.05, 0) is 67.1 Å². The van der Waals surface area contributed by atoms with Crippen molar-refractivity contribution in [1.29, 1.82) is 0 Å². The van der Waals surface area contributed by atoms with Gasteiger partial charge in [0.25, 0.3) is 0 Å². The first-order valence-corrected chi connectivity index (χ1v) is 10.4. The summed E-state index contributed by atoms with van der Waals surface area (Å²) in [6.45, 7) is 2.36. The van der Waals surface area contributed by atoms with Crippen LogP contribution in [-0.4, -0.2) is 27.7 Å². The Morgan fingerprint density at radius 1 is 1.29 bits per heavy atom. The molecule has 1 aliphatic carbocycles. The molecule has 5 rings (SSSR count). The number of carbonyl (C=O) groups excluding carboxylic acids is 1. The molecule has 2 aromatic carbocycles. The normalized spacial score (nSPS) is 24.7. The Bertz CT molecular complexity index is 1200. The molecule has 1 saturated heterocycles. The lowest BCUT2D eigenvalue weighted by Crippen LogP contribution is -2.67. The first-order chi connectivity index (χ1) is 14.9. The Hall–Kier alpha value is -2.93. The molecule has 3 unspecified atom stereocenters. The average Bonchev–Trinajstić information content (AvgIpc) is 3.11. The van der Waals surface area contributed by atoms with Gasteiger partial charge < -0.3 is 10.0 Å². The third-order valence-corrected chi connectivity index (χ3v) is 7.07. The second-order valence-electron chi connectivity index (χ2n) is 8.44. The molecule has 1 spiro atoms. The third-order valence-electron chi connectivity index (χ3n) is 6.73. The molecule has 1 aromatic heterocycles. The van der Waals surface area contributed by atoms with E-state index in [4.69, 9.17) is 11.6 Å². The summed E-state index contributed by atoms with van der Waals surface area (Å²) in [6.07, 6.45) is 5.28. The van der Waals surface area contributed by atoms with E-state index in [9.17, 15) is 18.7 Å². The highest BCUT2D eigenvalue weighted by Gasteiger charge is 2.64. The molecule has 1 saturated carbocycles. The van der Waals surface area contributed by atoms with E-state index in [1.807, 2.05) is 13.1 Å². The van der Waals surface area contributed by atoms with Gasteiger partial charge in [-0.25, -0.2) is 13.5 Å². The van der Waals surface area contributed by atoms with Crippen LogP contribution in [0.15, 0.2) is 42.7 Å².